The molecule has 0 heterocycles. The van der Waals surface area contributed by atoms with Crippen LogP contribution in [0.4, 0.5) is 14.5 Å². The van der Waals surface area contributed by atoms with E-state index in [2.05, 4.69) is 5.32 Å². The molecule has 0 amide bonds. The van der Waals surface area contributed by atoms with Crippen LogP contribution in [0, 0.1) is 17.6 Å². The number of nitrogens with one attached hydrogen (secondary N) is 1. The number of para-hydroxylation sites is 1. The average molecular weight is 215 g/mol. The van der Waals surface area contributed by atoms with Gasteiger partial charge < -0.3 is 10.4 Å². The van der Waals surface area contributed by atoms with Crippen LogP contribution in [0.3, 0.4) is 0 Å². The Morgan fingerprint density at radius 1 is 1.47 bits per heavy atom. The number of aliphatic carboxylic acids is 1. The first-order chi connectivity index (χ1) is 7.02. The van der Waals surface area contributed by atoms with E-state index in [4.69, 9.17) is 5.11 Å². The van der Waals surface area contributed by atoms with Crippen molar-refractivity contribution >= 4 is 11.7 Å². The van der Waals surface area contributed by atoms with Gasteiger partial charge in [0.25, 0.3) is 0 Å². The highest BCUT2D eigenvalue weighted by molar-refractivity contribution is 5.70. The smallest absolute Gasteiger partial charge is 0.308 e. The van der Waals surface area contributed by atoms with Gasteiger partial charge in [-0.1, -0.05) is 13.0 Å². The van der Waals surface area contributed by atoms with E-state index in [1.54, 1.807) is 0 Å². The zero-order valence-electron chi connectivity index (χ0n) is 8.13. The van der Waals surface area contributed by atoms with Crippen molar-refractivity contribution in [3.63, 3.8) is 0 Å². The molecule has 1 rings (SSSR count). The van der Waals surface area contributed by atoms with Gasteiger partial charge in [-0.05, 0) is 12.1 Å². The van der Waals surface area contributed by atoms with Crippen LogP contribution in [0.25, 0.3) is 0 Å². The van der Waals surface area contributed by atoms with Crippen LogP contribution in [0.1, 0.15) is 6.92 Å². The maximum atomic E-state index is 13.1. The second-order valence-corrected chi connectivity index (χ2v) is 3.22. The standard InChI is InChI=1S/C10H11F2NO2/c1-6(10(14)15)5-13-9-7(11)3-2-4-8(9)12/h2-4,6,13H,5H2,1H3,(H,14,15). The van der Waals surface area contributed by atoms with Crippen LogP contribution < -0.4 is 5.32 Å². The quantitative estimate of drug-likeness (QED) is 0.808. The summed E-state index contributed by atoms with van der Waals surface area (Å²) in [6.07, 6.45) is 0. The first-order valence-corrected chi connectivity index (χ1v) is 4.43. The Labute approximate surface area is 85.7 Å². The molecule has 0 radical (unpaired) electrons. The van der Waals surface area contributed by atoms with Gasteiger partial charge >= 0.3 is 5.97 Å². The largest absolute Gasteiger partial charge is 0.481 e. The topological polar surface area (TPSA) is 49.3 Å². The van der Waals surface area contributed by atoms with Gasteiger partial charge in [-0.3, -0.25) is 4.79 Å². The summed E-state index contributed by atoms with van der Waals surface area (Å²) < 4.78 is 26.1. The third-order valence-electron chi connectivity index (χ3n) is 1.97. The van der Waals surface area contributed by atoms with Gasteiger partial charge in [0.1, 0.15) is 17.3 Å². The Hall–Kier alpha value is -1.65. The number of halogens is 2. The number of carboxylic acids is 1. The Kier molecular flexibility index (Phi) is 3.60. The number of benzene rings is 1. The number of anilines is 1. The molecule has 3 nitrogen and oxygen atoms in total. The molecule has 1 atom stereocenters. The van der Waals surface area contributed by atoms with Crippen molar-refractivity contribution in [1.29, 1.82) is 0 Å². The molecule has 0 fully saturated rings. The summed E-state index contributed by atoms with van der Waals surface area (Å²) in [5.41, 5.74) is -0.286. The SMILES string of the molecule is CC(CNc1c(F)cccc1F)C(=O)O. The molecule has 0 aliphatic rings. The fourth-order valence-electron chi connectivity index (χ4n) is 1.01. The first-order valence-electron chi connectivity index (χ1n) is 4.43. The fourth-order valence-corrected chi connectivity index (χ4v) is 1.01. The van der Waals surface area contributed by atoms with Gasteiger partial charge in [0.2, 0.25) is 0 Å². The first kappa shape index (κ1) is 11.4. The third kappa shape index (κ3) is 2.90. The van der Waals surface area contributed by atoms with Crippen LogP contribution >= 0.6 is 0 Å². The van der Waals surface area contributed by atoms with Crippen molar-refractivity contribution < 1.29 is 18.7 Å². The van der Waals surface area contributed by atoms with Crippen LogP contribution in [0.5, 0.6) is 0 Å². The summed E-state index contributed by atoms with van der Waals surface area (Å²) in [5, 5.41) is 11.0. The molecule has 0 bridgehead atoms. The number of hydrogen-bond acceptors (Lipinski definition) is 2. The minimum absolute atomic E-state index is 0.0206. The summed E-state index contributed by atoms with van der Waals surface area (Å²) in [6, 6.07) is 3.46. The molecule has 0 aromatic heterocycles. The highest BCUT2D eigenvalue weighted by atomic mass is 19.1. The molecule has 5 heteroatoms. The van der Waals surface area contributed by atoms with Crippen LogP contribution in [0.2, 0.25) is 0 Å². The van der Waals surface area contributed by atoms with E-state index in [-0.39, 0.29) is 12.2 Å². The number of carboxylic acid groups (broad SMARTS) is 1. The predicted molar refractivity (Wildman–Crippen MR) is 51.6 cm³/mol. The number of carbonyl (C=O) groups is 1. The van der Waals surface area contributed by atoms with Crippen LogP contribution in [-0.2, 0) is 4.79 Å². The molecule has 0 aliphatic carbocycles. The summed E-state index contributed by atoms with van der Waals surface area (Å²) in [6.45, 7) is 1.43. The lowest BCUT2D eigenvalue weighted by atomic mass is 10.2. The molecule has 1 aromatic rings. The lowest BCUT2D eigenvalue weighted by Crippen LogP contribution is -2.20. The maximum Gasteiger partial charge on any atom is 0.308 e. The average Bonchev–Trinajstić information content (AvgIpc) is 2.16. The summed E-state index contributed by atoms with van der Waals surface area (Å²) in [7, 11) is 0. The fraction of sp³-hybridized carbons (Fsp3) is 0.300. The zero-order chi connectivity index (χ0) is 11.4. The minimum atomic E-state index is -1.01. The van der Waals surface area contributed by atoms with E-state index >= 15 is 0 Å². The van der Waals surface area contributed by atoms with Gasteiger partial charge in [-0.15, -0.1) is 0 Å². The predicted octanol–water partition coefficient (Wildman–Crippen LogP) is 2.10. The van der Waals surface area contributed by atoms with E-state index < -0.39 is 23.5 Å². The molecule has 1 unspecified atom stereocenters. The van der Waals surface area contributed by atoms with Crippen molar-refractivity contribution in [3.8, 4) is 0 Å². The second-order valence-electron chi connectivity index (χ2n) is 3.22. The molecule has 1 aromatic carbocycles. The van der Waals surface area contributed by atoms with Crippen molar-refractivity contribution in [3.05, 3.63) is 29.8 Å². The zero-order valence-corrected chi connectivity index (χ0v) is 8.13. The molecule has 15 heavy (non-hydrogen) atoms. The summed E-state index contributed by atoms with van der Waals surface area (Å²) in [4.78, 5) is 10.5. The van der Waals surface area contributed by atoms with E-state index in [0.717, 1.165) is 12.1 Å². The van der Waals surface area contributed by atoms with Gasteiger partial charge in [0.05, 0.1) is 5.92 Å². The number of rotatable bonds is 4. The normalized spacial score (nSPS) is 12.2. The van der Waals surface area contributed by atoms with Crippen LogP contribution in [-0.4, -0.2) is 17.6 Å². The van der Waals surface area contributed by atoms with Crippen LogP contribution in [0.15, 0.2) is 18.2 Å². The Balaban J connectivity index is 2.69. The molecule has 0 saturated heterocycles. The monoisotopic (exact) mass is 215 g/mol. The summed E-state index contributed by atoms with van der Waals surface area (Å²) >= 11 is 0. The Morgan fingerprint density at radius 3 is 2.47 bits per heavy atom. The maximum absolute atomic E-state index is 13.1. The van der Waals surface area contributed by atoms with Crippen molar-refractivity contribution in [2.75, 3.05) is 11.9 Å². The van der Waals surface area contributed by atoms with Gasteiger partial charge in [0.15, 0.2) is 0 Å². The number of hydrogen-bond donors (Lipinski definition) is 2. The lowest BCUT2D eigenvalue weighted by Gasteiger charge is -2.10. The van der Waals surface area contributed by atoms with Crippen molar-refractivity contribution in [1.82, 2.24) is 0 Å². The van der Waals surface area contributed by atoms with E-state index in [1.807, 2.05) is 0 Å². The molecular formula is C10H11F2NO2. The molecule has 0 saturated carbocycles. The highest BCUT2D eigenvalue weighted by Gasteiger charge is 2.13. The molecule has 0 spiro atoms. The molecule has 0 aliphatic heterocycles. The molecule has 82 valence electrons. The lowest BCUT2D eigenvalue weighted by molar-refractivity contribution is -0.140. The Bertz CT molecular complexity index is 348. The van der Waals surface area contributed by atoms with Crippen molar-refractivity contribution in [2.24, 2.45) is 5.92 Å². The van der Waals surface area contributed by atoms with Gasteiger partial charge in [-0.25, -0.2) is 8.78 Å². The van der Waals surface area contributed by atoms with Gasteiger partial charge in [-0.2, -0.15) is 0 Å². The minimum Gasteiger partial charge on any atom is -0.481 e. The Morgan fingerprint density at radius 2 is 2.00 bits per heavy atom. The van der Waals surface area contributed by atoms with E-state index in [0.29, 0.717) is 0 Å². The second kappa shape index (κ2) is 4.72. The van der Waals surface area contributed by atoms with Gasteiger partial charge in [0, 0.05) is 6.54 Å². The summed E-state index contributed by atoms with van der Waals surface area (Å²) in [5.74, 6) is -3.18. The molecule has 2 N–H and O–H groups in total. The van der Waals surface area contributed by atoms with E-state index in [1.165, 1.54) is 13.0 Å². The highest BCUT2D eigenvalue weighted by Crippen LogP contribution is 2.18. The van der Waals surface area contributed by atoms with Crippen molar-refractivity contribution in [2.45, 2.75) is 6.92 Å². The molecular weight excluding hydrogens is 204 g/mol. The third-order valence-corrected chi connectivity index (χ3v) is 1.97. The van der Waals surface area contributed by atoms with E-state index in [9.17, 15) is 13.6 Å².